The summed E-state index contributed by atoms with van der Waals surface area (Å²) in [6.45, 7) is 3.38. The van der Waals surface area contributed by atoms with Gasteiger partial charge in [0.2, 0.25) is 11.8 Å². The Balaban J connectivity index is 1.88. The van der Waals surface area contributed by atoms with E-state index in [0.717, 1.165) is 12.1 Å². The molecule has 1 heterocycles. The lowest BCUT2D eigenvalue weighted by molar-refractivity contribution is -0.133. The van der Waals surface area contributed by atoms with Gasteiger partial charge in [-0.15, -0.1) is 0 Å². The van der Waals surface area contributed by atoms with E-state index in [1.54, 1.807) is 38.9 Å². The van der Waals surface area contributed by atoms with Crippen molar-refractivity contribution in [2.45, 2.75) is 19.9 Å². The molecule has 0 radical (unpaired) electrons. The number of rotatable bonds is 7. The summed E-state index contributed by atoms with van der Waals surface area (Å²) in [4.78, 5) is 27.4. The number of hydrogen-bond donors (Lipinski definition) is 1. The molecule has 0 saturated heterocycles. The Bertz CT molecular complexity index is 825. The van der Waals surface area contributed by atoms with E-state index in [4.69, 9.17) is 4.52 Å². The van der Waals surface area contributed by atoms with Crippen LogP contribution >= 0.6 is 0 Å². The first-order chi connectivity index (χ1) is 12.7. The van der Waals surface area contributed by atoms with Crippen LogP contribution in [0.2, 0.25) is 0 Å². The van der Waals surface area contributed by atoms with Crippen molar-refractivity contribution in [2.24, 2.45) is 0 Å². The molecule has 0 spiro atoms. The van der Waals surface area contributed by atoms with Crippen LogP contribution in [0.15, 0.2) is 28.8 Å². The molecule has 2 rings (SSSR count). The third-order valence-electron chi connectivity index (χ3n) is 4.11. The van der Waals surface area contributed by atoms with E-state index >= 15 is 0 Å². The van der Waals surface area contributed by atoms with Gasteiger partial charge in [-0.25, -0.2) is 8.78 Å². The van der Waals surface area contributed by atoms with Crippen molar-refractivity contribution in [1.29, 1.82) is 0 Å². The molecule has 1 aromatic heterocycles. The smallest absolute Gasteiger partial charge is 0.239 e. The standard InChI is InChI=1S/C18H22F2N4O3/c1-11-7-16(22-27-11)21-17(25)9-23(3)10-18(26)24(4)12(2)13-5-6-14(19)15(20)8-13/h5-8,12H,9-10H2,1-4H3,(H,21,22,25). The Morgan fingerprint density at radius 2 is 1.89 bits per heavy atom. The van der Waals surface area contributed by atoms with Gasteiger partial charge < -0.3 is 14.7 Å². The van der Waals surface area contributed by atoms with Crippen molar-refractivity contribution < 1.29 is 22.9 Å². The van der Waals surface area contributed by atoms with Crippen molar-refractivity contribution in [3.8, 4) is 0 Å². The minimum absolute atomic E-state index is 0.0181. The maximum absolute atomic E-state index is 13.4. The molecule has 27 heavy (non-hydrogen) atoms. The first-order valence-electron chi connectivity index (χ1n) is 8.29. The lowest BCUT2D eigenvalue weighted by atomic mass is 10.1. The average Bonchev–Trinajstić information content (AvgIpc) is 3.00. The van der Waals surface area contributed by atoms with Crippen LogP contribution in [0.3, 0.4) is 0 Å². The van der Waals surface area contributed by atoms with Gasteiger partial charge in [0.05, 0.1) is 19.1 Å². The highest BCUT2D eigenvalue weighted by Gasteiger charge is 2.20. The van der Waals surface area contributed by atoms with E-state index in [0.29, 0.717) is 17.1 Å². The summed E-state index contributed by atoms with van der Waals surface area (Å²) in [5, 5.41) is 6.23. The average molecular weight is 380 g/mol. The van der Waals surface area contributed by atoms with E-state index in [9.17, 15) is 18.4 Å². The van der Waals surface area contributed by atoms with Gasteiger partial charge in [0, 0.05) is 13.1 Å². The number of likely N-dealkylation sites (N-methyl/N-ethyl adjacent to an activating group) is 2. The molecule has 1 aromatic carbocycles. The Morgan fingerprint density at radius 3 is 2.48 bits per heavy atom. The number of aromatic nitrogens is 1. The van der Waals surface area contributed by atoms with E-state index in [1.165, 1.54) is 11.0 Å². The molecule has 0 aliphatic carbocycles. The molecular weight excluding hydrogens is 358 g/mol. The molecule has 146 valence electrons. The zero-order valence-corrected chi connectivity index (χ0v) is 15.6. The van der Waals surface area contributed by atoms with Crippen LogP contribution in [0.1, 0.15) is 24.3 Å². The summed E-state index contributed by atoms with van der Waals surface area (Å²) >= 11 is 0. The van der Waals surface area contributed by atoms with Crippen molar-refractivity contribution in [3.63, 3.8) is 0 Å². The Morgan fingerprint density at radius 1 is 1.19 bits per heavy atom. The van der Waals surface area contributed by atoms with E-state index < -0.39 is 17.7 Å². The zero-order chi connectivity index (χ0) is 20.1. The van der Waals surface area contributed by atoms with Crippen LogP contribution < -0.4 is 5.32 Å². The molecule has 0 bridgehead atoms. The molecule has 2 amide bonds. The molecule has 9 heteroatoms. The first-order valence-corrected chi connectivity index (χ1v) is 8.29. The minimum atomic E-state index is -0.961. The summed E-state index contributed by atoms with van der Waals surface area (Å²) in [5.74, 6) is -1.62. The Hall–Kier alpha value is -2.81. The van der Waals surface area contributed by atoms with Crippen molar-refractivity contribution in [2.75, 3.05) is 32.5 Å². The molecule has 0 aliphatic rings. The summed E-state index contributed by atoms with van der Waals surface area (Å²) in [6.07, 6.45) is 0. The normalized spacial score (nSPS) is 12.1. The molecule has 0 fully saturated rings. The number of amides is 2. The number of benzene rings is 1. The highest BCUT2D eigenvalue weighted by atomic mass is 19.2. The number of halogens is 2. The highest BCUT2D eigenvalue weighted by Crippen LogP contribution is 2.21. The fraction of sp³-hybridized carbons (Fsp3) is 0.389. The molecule has 1 unspecified atom stereocenters. The number of anilines is 1. The minimum Gasteiger partial charge on any atom is -0.360 e. The third-order valence-corrected chi connectivity index (χ3v) is 4.11. The zero-order valence-electron chi connectivity index (χ0n) is 15.6. The number of aryl methyl sites for hydroxylation is 1. The van der Waals surface area contributed by atoms with Crippen LogP contribution in [0.4, 0.5) is 14.6 Å². The van der Waals surface area contributed by atoms with Gasteiger partial charge in [-0.05, 0) is 38.6 Å². The number of nitrogens with zero attached hydrogens (tertiary/aromatic N) is 3. The van der Waals surface area contributed by atoms with Crippen LogP contribution in [-0.4, -0.2) is 54.0 Å². The second kappa shape index (κ2) is 8.72. The number of nitrogens with one attached hydrogen (secondary N) is 1. The van der Waals surface area contributed by atoms with E-state index in [1.807, 2.05) is 0 Å². The van der Waals surface area contributed by atoms with E-state index in [-0.39, 0.29) is 24.9 Å². The predicted molar refractivity (Wildman–Crippen MR) is 94.9 cm³/mol. The van der Waals surface area contributed by atoms with Gasteiger partial charge in [-0.3, -0.25) is 14.5 Å². The van der Waals surface area contributed by atoms with Gasteiger partial charge in [-0.2, -0.15) is 0 Å². The van der Waals surface area contributed by atoms with Crippen molar-refractivity contribution in [1.82, 2.24) is 15.0 Å². The third kappa shape index (κ3) is 5.58. The Kier molecular flexibility index (Phi) is 6.62. The SMILES string of the molecule is Cc1cc(NC(=O)CN(C)CC(=O)N(C)C(C)c2ccc(F)c(F)c2)no1. The highest BCUT2D eigenvalue weighted by molar-refractivity contribution is 5.91. The number of carbonyl (C=O) groups excluding carboxylic acids is 2. The van der Waals surface area contributed by atoms with E-state index in [2.05, 4.69) is 10.5 Å². The fourth-order valence-electron chi connectivity index (χ4n) is 2.46. The molecular formula is C18H22F2N4O3. The maximum Gasteiger partial charge on any atom is 0.239 e. The van der Waals surface area contributed by atoms with Gasteiger partial charge in [0.1, 0.15) is 5.76 Å². The first kappa shape index (κ1) is 20.5. The molecule has 7 nitrogen and oxygen atoms in total. The largest absolute Gasteiger partial charge is 0.360 e. The quantitative estimate of drug-likeness (QED) is 0.798. The molecule has 1 N–H and O–H groups in total. The summed E-state index contributed by atoms with van der Waals surface area (Å²) < 4.78 is 31.3. The van der Waals surface area contributed by atoms with Gasteiger partial charge in [0.25, 0.3) is 0 Å². The molecule has 0 saturated carbocycles. The second-order valence-electron chi connectivity index (χ2n) is 6.40. The predicted octanol–water partition coefficient (Wildman–Crippen LogP) is 2.35. The maximum atomic E-state index is 13.4. The monoisotopic (exact) mass is 380 g/mol. The van der Waals surface area contributed by atoms with Crippen LogP contribution in [-0.2, 0) is 9.59 Å². The van der Waals surface area contributed by atoms with Crippen LogP contribution in [0.5, 0.6) is 0 Å². The van der Waals surface area contributed by atoms with Crippen molar-refractivity contribution >= 4 is 17.6 Å². The molecule has 0 aliphatic heterocycles. The fourth-order valence-corrected chi connectivity index (χ4v) is 2.46. The molecule has 2 aromatic rings. The van der Waals surface area contributed by atoms with Crippen LogP contribution in [0.25, 0.3) is 0 Å². The topological polar surface area (TPSA) is 78.7 Å². The van der Waals surface area contributed by atoms with Crippen molar-refractivity contribution in [3.05, 3.63) is 47.2 Å². The summed E-state index contributed by atoms with van der Waals surface area (Å²) in [6, 6.07) is 4.67. The molecule has 1 atom stereocenters. The van der Waals surface area contributed by atoms with Gasteiger partial charge in [-0.1, -0.05) is 11.2 Å². The van der Waals surface area contributed by atoms with Gasteiger partial charge in [0.15, 0.2) is 17.5 Å². The lowest BCUT2D eigenvalue weighted by Crippen LogP contribution is -2.40. The lowest BCUT2D eigenvalue weighted by Gasteiger charge is -2.27. The summed E-state index contributed by atoms with van der Waals surface area (Å²) in [5.41, 5.74) is 0.478. The van der Waals surface area contributed by atoms with Gasteiger partial charge >= 0.3 is 0 Å². The Labute approximate surface area is 155 Å². The summed E-state index contributed by atoms with van der Waals surface area (Å²) in [7, 11) is 3.20. The second-order valence-corrected chi connectivity index (χ2v) is 6.40. The number of carbonyl (C=O) groups is 2. The van der Waals surface area contributed by atoms with Crippen LogP contribution in [0, 0.1) is 18.6 Å². The number of hydrogen-bond acceptors (Lipinski definition) is 5.